The van der Waals surface area contributed by atoms with Gasteiger partial charge in [0.25, 0.3) is 5.91 Å². The quantitative estimate of drug-likeness (QED) is 0.550. The molecule has 1 saturated carbocycles. The van der Waals surface area contributed by atoms with E-state index in [4.69, 9.17) is 4.42 Å². The van der Waals surface area contributed by atoms with Crippen LogP contribution >= 0.6 is 0 Å². The monoisotopic (exact) mass is 430 g/mol. The van der Waals surface area contributed by atoms with E-state index in [1.807, 2.05) is 0 Å². The van der Waals surface area contributed by atoms with Crippen LogP contribution in [0.15, 0.2) is 53.1 Å². The van der Waals surface area contributed by atoms with E-state index in [1.54, 1.807) is 42.5 Å². The number of carbonyl (C=O) groups is 1. The number of pyridine rings is 1. The molecule has 6 nitrogen and oxygen atoms in total. The van der Waals surface area contributed by atoms with E-state index in [0.29, 0.717) is 23.3 Å². The van der Waals surface area contributed by atoms with E-state index >= 15 is 0 Å². The van der Waals surface area contributed by atoms with Crippen molar-refractivity contribution in [3.63, 3.8) is 0 Å². The van der Waals surface area contributed by atoms with Gasteiger partial charge < -0.3 is 15.1 Å². The van der Waals surface area contributed by atoms with E-state index in [2.05, 4.69) is 27.5 Å². The lowest BCUT2D eigenvalue weighted by molar-refractivity contribution is -0.153. The molecule has 1 aliphatic rings. The van der Waals surface area contributed by atoms with Crippen molar-refractivity contribution in [3.05, 3.63) is 60.1 Å². The van der Waals surface area contributed by atoms with E-state index in [1.165, 1.54) is 6.20 Å². The molecular weight excluding hydrogens is 409 g/mol. The maximum atomic E-state index is 13.4. The predicted octanol–water partition coefficient (Wildman–Crippen LogP) is 5.61. The van der Waals surface area contributed by atoms with Crippen molar-refractivity contribution in [3.8, 4) is 11.5 Å². The van der Waals surface area contributed by atoms with Crippen LogP contribution in [0.5, 0.6) is 0 Å². The zero-order valence-corrected chi connectivity index (χ0v) is 16.7. The second kappa shape index (κ2) is 8.41. The molecule has 162 valence electrons. The molecular formula is C22H21F3N4O2. The smallest absolute Gasteiger partial charge is 0.431 e. The molecule has 0 aliphatic heterocycles. The molecule has 1 fully saturated rings. The van der Waals surface area contributed by atoms with Crippen molar-refractivity contribution < 1.29 is 22.4 Å². The average molecular weight is 430 g/mol. The molecule has 0 saturated heterocycles. The summed E-state index contributed by atoms with van der Waals surface area (Å²) in [5.74, 6) is -1.42. The molecule has 3 aromatic rings. The Morgan fingerprint density at radius 3 is 2.52 bits per heavy atom. The maximum absolute atomic E-state index is 13.4. The second-order valence-electron chi connectivity index (χ2n) is 7.71. The van der Waals surface area contributed by atoms with Gasteiger partial charge in [0.2, 0.25) is 11.7 Å². The van der Waals surface area contributed by atoms with E-state index in [0.717, 1.165) is 19.3 Å². The number of halogens is 3. The minimum atomic E-state index is -4.86. The minimum Gasteiger partial charge on any atom is -0.431 e. The normalized spacial score (nSPS) is 18.7. The first-order valence-electron chi connectivity index (χ1n) is 9.97. The Balaban J connectivity index is 1.51. The van der Waals surface area contributed by atoms with Gasteiger partial charge in [0.1, 0.15) is 5.82 Å². The summed E-state index contributed by atoms with van der Waals surface area (Å²) in [5.41, 5.74) is -0.230. The van der Waals surface area contributed by atoms with Gasteiger partial charge in [-0.05, 0) is 49.4 Å². The number of benzene rings is 1. The number of hydrogen-bond donors (Lipinski definition) is 2. The molecule has 9 heteroatoms. The third kappa shape index (κ3) is 4.87. The van der Waals surface area contributed by atoms with E-state index in [-0.39, 0.29) is 11.6 Å². The number of rotatable bonds is 5. The summed E-state index contributed by atoms with van der Waals surface area (Å²) < 4.78 is 45.2. The summed E-state index contributed by atoms with van der Waals surface area (Å²) in [4.78, 5) is 20.6. The molecule has 1 aromatic carbocycles. The van der Waals surface area contributed by atoms with Crippen molar-refractivity contribution in [2.75, 3.05) is 10.6 Å². The number of alkyl halides is 3. The topological polar surface area (TPSA) is 80.0 Å². The zero-order valence-electron chi connectivity index (χ0n) is 16.7. The third-order valence-corrected chi connectivity index (χ3v) is 5.19. The third-order valence-electron chi connectivity index (χ3n) is 5.19. The van der Waals surface area contributed by atoms with Crippen molar-refractivity contribution in [2.24, 2.45) is 5.92 Å². The molecule has 0 unspecified atom stereocenters. The van der Waals surface area contributed by atoms with Crippen molar-refractivity contribution in [2.45, 2.75) is 38.4 Å². The Hall–Kier alpha value is -3.36. The first-order chi connectivity index (χ1) is 14.8. The summed E-state index contributed by atoms with van der Waals surface area (Å²) in [6.07, 6.45) is -0.176. The van der Waals surface area contributed by atoms with Crippen LogP contribution < -0.4 is 10.6 Å². The van der Waals surface area contributed by atoms with Crippen molar-refractivity contribution >= 4 is 17.4 Å². The lowest BCUT2D eigenvalue weighted by Crippen LogP contribution is -2.19. The van der Waals surface area contributed by atoms with Crippen LogP contribution in [-0.4, -0.2) is 21.9 Å². The number of nitrogens with one attached hydrogen (secondary N) is 2. The lowest BCUT2D eigenvalue weighted by atomic mass is 10.1. The van der Waals surface area contributed by atoms with Crippen LogP contribution in [0.2, 0.25) is 0 Å². The first-order valence-corrected chi connectivity index (χ1v) is 9.97. The Morgan fingerprint density at radius 2 is 1.90 bits per heavy atom. The number of oxazole rings is 1. The molecule has 2 heterocycles. The summed E-state index contributed by atoms with van der Waals surface area (Å²) in [6.45, 7) is 2.20. The van der Waals surface area contributed by atoms with Crippen molar-refractivity contribution in [1.82, 2.24) is 9.97 Å². The highest BCUT2D eigenvalue weighted by Gasteiger charge is 2.42. The minimum absolute atomic E-state index is 0.257. The predicted molar refractivity (Wildman–Crippen MR) is 110 cm³/mol. The highest BCUT2D eigenvalue weighted by atomic mass is 19.4. The Labute approximate surface area is 176 Å². The molecule has 2 aromatic heterocycles. The van der Waals surface area contributed by atoms with Gasteiger partial charge in [-0.1, -0.05) is 25.1 Å². The average Bonchev–Trinajstić information content (AvgIpc) is 3.37. The van der Waals surface area contributed by atoms with Crippen LogP contribution in [0.4, 0.5) is 24.7 Å². The zero-order chi connectivity index (χ0) is 22.0. The molecule has 1 amide bonds. The number of hydrogen-bond acceptors (Lipinski definition) is 5. The standard InChI is InChI=1S/C22H21F3N4O2/c1-13-7-8-15(11-13)27-17-10-9-16(12-26-17)28-20(30)18-19(22(23,24)25)31-21(29-18)14-5-3-2-4-6-14/h2-6,9-10,12-13,15H,7-8,11H2,1H3,(H,26,27)(H,28,30)/t13-,15-/m0/s1. The highest BCUT2D eigenvalue weighted by molar-refractivity contribution is 6.04. The van der Waals surface area contributed by atoms with Crippen molar-refractivity contribution in [1.29, 1.82) is 0 Å². The van der Waals surface area contributed by atoms with Gasteiger partial charge in [-0.3, -0.25) is 4.79 Å². The molecule has 31 heavy (non-hydrogen) atoms. The Morgan fingerprint density at radius 1 is 1.13 bits per heavy atom. The van der Waals surface area contributed by atoms with E-state index < -0.39 is 23.5 Å². The molecule has 2 N–H and O–H groups in total. The molecule has 1 aliphatic carbocycles. The number of anilines is 2. The van der Waals surface area contributed by atoms with Gasteiger partial charge in [-0.25, -0.2) is 9.97 Å². The fourth-order valence-corrected chi connectivity index (χ4v) is 3.66. The highest BCUT2D eigenvalue weighted by Crippen LogP contribution is 2.35. The summed E-state index contributed by atoms with van der Waals surface area (Å²) in [7, 11) is 0. The van der Waals surface area contributed by atoms with Gasteiger partial charge in [-0.2, -0.15) is 13.2 Å². The van der Waals surface area contributed by atoms with Crippen LogP contribution in [-0.2, 0) is 6.18 Å². The Kier molecular flexibility index (Phi) is 5.67. The number of aromatic nitrogens is 2. The molecule has 2 atom stereocenters. The largest absolute Gasteiger partial charge is 0.452 e. The number of amides is 1. The van der Waals surface area contributed by atoms with E-state index in [9.17, 15) is 18.0 Å². The van der Waals surface area contributed by atoms with Crippen LogP contribution in [0, 0.1) is 5.92 Å². The van der Waals surface area contributed by atoms with Gasteiger partial charge in [0.05, 0.1) is 11.9 Å². The lowest BCUT2D eigenvalue weighted by Gasteiger charge is -2.13. The maximum Gasteiger partial charge on any atom is 0.452 e. The van der Waals surface area contributed by atoms with Crippen LogP contribution in [0.1, 0.15) is 42.4 Å². The van der Waals surface area contributed by atoms with Gasteiger partial charge in [0.15, 0.2) is 5.69 Å². The number of nitrogens with zero attached hydrogens (tertiary/aromatic N) is 2. The van der Waals surface area contributed by atoms with Crippen LogP contribution in [0.25, 0.3) is 11.5 Å². The first kappa shape index (κ1) is 20.9. The molecule has 4 rings (SSSR count). The van der Waals surface area contributed by atoms with Gasteiger partial charge in [-0.15, -0.1) is 0 Å². The molecule has 0 bridgehead atoms. The van der Waals surface area contributed by atoms with Gasteiger partial charge in [0, 0.05) is 11.6 Å². The molecule has 0 spiro atoms. The summed E-state index contributed by atoms with van der Waals surface area (Å²) in [6, 6.07) is 11.7. The second-order valence-corrected chi connectivity index (χ2v) is 7.71. The van der Waals surface area contributed by atoms with Crippen LogP contribution in [0.3, 0.4) is 0 Å². The number of carbonyl (C=O) groups excluding carboxylic acids is 1. The fraction of sp³-hybridized carbons (Fsp3) is 0.318. The SMILES string of the molecule is C[C@H]1CC[C@H](Nc2ccc(NC(=O)c3nc(-c4ccccc4)oc3C(F)(F)F)cn2)C1. The summed E-state index contributed by atoms with van der Waals surface area (Å²) >= 11 is 0. The van der Waals surface area contributed by atoms with Gasteiger partial charge >= 0.3 is 6.18 Å². The Bertz CT molecular complexity index is 1050. The molecule has 0 radical (unpaired) electrons. The summed E-state index contributed by atoms with van der Waals surface area (Å²) in [5, 5.41) is 5.75. The fourth-order valence-electron chi connectivity index (χ4n) is 3.66.